The number of carbonyl (C=O) groups excluding carboxylic acids is 1. The third kappa shape index (κ3) is 4.09. The first kappa shape index (κ1) is 14.6. The molecule has 1 aliphatic heterocycles. The summed E-state index contributed by atoms with van der Waals surface area (Å²) in [4.78, 5) is 22.3. The number of amides is 2. The van der Waals surface area contributed by atoms with Crippen LogP contribution in [0.1, 0.15) is 29.2 Å². The van der Waals surface area contributed by atoms with Gasteiger partial charge in [0.2, 0.25) is 5.76 Å². The Morgan fingerprint density at radius 1 is 1.35 bits per heavy atom. The van der Waals surface area contributed by atoms with E-state index >= 15 is 0 Å². The van der Waals surface area contributed by atoms with Crippen molar-refractivity contribution in [1.29, 1.82) is 0 Å². The van der Waals surface area contributed by atoms with E-state index in [9.17, 15) is 13.8 Å². The van der Waals surface area contributed by atoms with Gasteiger partial charge in [0.25, 0.3) is 0 Å². The van der Waals surface area contributed by atoms with Crippen molar-refractivity contribution < 1.29 is 23.3 Å². The van der Waals surface area contributed by atoms with Crippen molar-refractivity contribution in [1.82, 2.24) is 10.6 Å². The zero-order chi connectivity index (χ0) is 14.5. The van der Waals surface area contributed by atoms with Crippen LogP contribution in [-0.4, -0.2) is 38.9 Å². The highest BCUT2D eigenvalue weighted by Gasteiger charge is 2.19. The Labute approximate surface area is 118 Å². The highest BCUT2D eigenvalue weighted by Crippen LogP contribution is 2.09. The number of aromatic carboxylic acids is 1. The van der Waals surface area contributed by atoms with Crippen LogP contribution in [0.3, 0.4) is 0 Å². The quantitative estimate of drug-likeness (QED) is 0.758. The maximum atomic E-state index is 11.7. The molecule has 1 aromatic rings. The van der Waals surface area contributed by atoms with Crippen LogP contribution >= 0.6 is 0 Å². The highest BCUT2D eigenvalue weighted by atomic mass is 32.2. The smallest absolute Gasteiger partial charge is 0.371 e. The maximum Gasteiger partial charge on any atom is 0.371 e. The molecule has 0 aromatic carbocycles. The molecule has 2 amide bonds. The van der Waals surface area contributed by atoms with Gasteiger partial charge in [0, 0.05) is 28.3 Å². The number of rotatable bonds is 4. The van der Waals surface area contributed by atoms with E-state index in [4.69, 9.17) is 9.52 Å². The van der Waals surface area contributed by atoms with Crippen molar-refractivity contribution in [3.05, 3.63) is 23.7 Å². The summed E-state index contributed by atoms with van der Waals surface area (Å²) in [6.07, 6.45) is 1.42. The fourth-order valence-corrected chi connectivity index (χ4v) is 3.23. The van der Waals surface area contributed by atoms with E-state index in [2.05, 4.69) is 10.6 Å². The molecule has 8 heteroatoms. The fraction of sp³-hybridized carbons (Fsp3) is 0.500. The van der Waals surface area contributed by atoms with Crippen molar-refractivity contribution >= 4 is 22.8 Å². The summed E-state index contributed by atoms with van der Waals surface area (Å²) < 4.78 is 16.2. The number of hydrogen-bond donors (Lipinski definition) is 3. The molecule has 1 aromatic heterocycles. The molecule has 0 aliphatic carbocycles. The highest BCUT2D eigenvalue weighted by molar-refractivity contribution is 7.85. The van der Waals surface area contributed by atoms with Gasteiger partial charge in [-0.05, 0) is 25.0 Å². The third-order valence-corrected chi connectivity index (χ3v) is 4.40. The first-order chi connectivity index (χ1) is 9.54. The van der Waals surface area contributed by atoms with Crippen molar-refractivity contribution in [2.24, 2.45) is 0 Å². The lowest BCUT2D eigenvalue weighted by atomic mass is 10.2. The minimum absolute atomic E-state index is 0.0406. The predicted octanol–water partition coefficient (Wildman–Crippen LogP) is 0.688. The van der Waals surface area contributed by atoms with Crippen LogP contribution < -0.4 is 10.6 Å². The van der Waals surface area contributed by atoms with Gasteiger partial charge in [-0.2, -0.15) is 0 Å². The van der Waals surface area contributed by atoms with Crippen LogP contribution in [0, 0.1) is 0 Å². The fourth-order valence-electron chi connectivity index (χ4n) is 1.93. The standard InChI is InChI=1S/C12H16N2O5S/c15-11(16)10-2-1-9(19-10)7-13-12(17)14-8-3-5-20(18)6-4-8/h1-2,8H,3-7H2,(H,15,16)(H2,13,14,17). The zero-order valence-electron chi connectivity index (χ0n) is 10.8. The van der Waals surface area contributed by atoms with E-state index in [0.717, 1.165) is 0 Å². The molecule has 2 heterocycles. The van der Waals surface area contributed by atoms with E-state index < -0.39 is 16.8 Å². The molecule has 3 N–H and O–H groups in total. The summed E-state index contributed by atoms with van der Waals surface area (Å²) >= 11 is 0. The third-order valence-electron chi connectivity index (χ3n) is 3.02. The zero-order valence-corrected chi connectivity index (χ0v) is 11.6. The number of carboxylic acids is 1. The Kier molecular flexibility index (Phi) is 4.78. The lowest BCUT2D eigenvalue weighted by molar-refractivity contribution is 0.0660. The van der Waals surface area contributed by atoms with E-state index in [0.29, 0.717) is 30.1 Å². The predicted molar refractivity (Wildman–Crippen MR) is 71.9 cm³/mol. The van der Waals surface area contributed by atoms with Crippen molar-refractivity contribution in [3.8, 4) is 0 Å². The number of carbonyl (C=O) groups is 2. The first-order valence-electron chi connectivity index (χ1n) is 6.26. The molecular formula is C12H16N2O5S. The molecule has 0 atom stereocenters. The molecule has 0 unspecified atom stereocenters. The Morgan fingerprint density at radius 2 is 2.05 bits per heavy atom. The monoisotopic (exact) mass is 300 g/mol. The largest absolute Gasteiger partial charge is 0.475 e. The molecule has 0 saturated carbocycles. The van der Waals surface area contributed by atoms with Crippen LogP contribution in [-0.2, 0) is 17.3 Å². The second kappa shape index (κ2) is 6.56. The minimum Gasteiger partial charge on any atom is -0.475 e. The van der Waals surface area contributed by atoms with Gasteiger partial charge in [-0.3, -0.25) is 4.21 Å². The van der Waals surface area contributed by atoms with Gasteiger partial charge < -0.3 is 20.2 Å². The van der Waals surface area contributed by atoms with E-state index in [1.807, 2.05) is 0 Å². The summed E-state index contributed by atoms with van der Waals surface area (Å²) in [5.74, 6) is 0.311. The minimum atomic E-state index is -1.14. The van der Waals surface area contributed by atoms with Gasteiger partial charge in [-0.25, -0.2) is 9.59 Å². The van der Waals surface area contributed by atoms with Gasteiger partial charge in [0.1, 0.15) is 5.76 Å². The second-order valence-corrected chi connectivity index (χ2v) is 6.22. The number of carboxylic acid groups (broad SMARTS) is 1. The summed E-state index contributed by atoms with van der Waals surface area (Å²) in [6, 6.07) is 2.55. The molecule has 0 bridgehead atoms. The topological polar surface area (TPSA) is 109 Å². The normalized spacial score (nSPS) is 22.2. The lowest BCUT2D eigenvalue weighted by Crippen LogP contribution is -2.44. The maximum absolute atomic E-state index is 11.7. The Hall–Kier alpha value is -1.83. The number of hydrogen-bond acceptors (Lipinski definition) is 4. The first-order valence-corrected chi connectivity index (χ1v) is 7.75. The Balaban J connectivity index is 1.74. The summed E-state index contributed by atoms with van der Waals surface area (Å²) in [7, 11) is -0.753. The lowest BCUT2D eigenvalue weighted by Gasteiger charge is -2.22. The van der Waals surface area contributed by atoms with Gasteiger partial charge in [0.05, 0.1) is 6.54 Å². The van der Waals surface area contributed by atoms with Gasteiger partial charge >= 0.3 is 12.0 Å². The molecular weight excluding hydrogens is 284 g/mol. The van der Waals surface area contributed by atoms with Crippen molar-refractivity contribution in [2.75, 3.05) is 11.5 Å². The molecule has 0 radical (unpaired) electrons. The summed E-state index contributed by atoms with van der Waals surface area (Å²) in [5.41, 5.74) is 0. The molecule has 1 saturated heterocycles. The molecule has 0 spiro atoms. The number of urea groups is 1. The van der Waals surface area contributed by atoms with Gasteiger partial charge in [-0.15, -0.1) is 0 Å². The average Bonchev–Trinajstić information content (AvgIpc) is 2.88. The Bertz CT molecular complexity index is 518. The van der Waals surface area contributed by atoms with Gasteiger partial charge in [0.15, 0.2) is 0 Å². The molecule has 1 fully saturated rings. The van der Waals surface area contributed by atoms with E-state index in [-0.39, 0.29) is 24.4 Å². The van der Waals surface area contributed by atoms with Crippen molar-refractivity contribution in [2.45, 2.75) is 25.4 Å². The van der Waals surface area contributed by atoms with Crippen LogP contribution in [0.15, 0.2) is 16.5 Å². The average molecular weight is 300 g/mol. The van der Waals surface area contributed by atoms with Crippen LogP contribution in [0.5, 0.6) is 0 Å². The molecule has 1 aliphatic rings. The van der Waals surface area contributed by atoms with E-state index in [1.54, 1.807) is 0 Å². The molecule has 2 rings (SSSR count). The number of furan rings is 1. The molecule has 7 nitrogen and oxygen atoms in total. The van der Waals surface area contributed by atoms with Crippen LogP contribution in [0.2, 0.25) is 0 Å². The van der Waals surface area contributed by atoms with Crippen molar-refractivity contribution in [3.63, 3.8) is 0 Å². The molecule has 20 heavy (non-hydrogen) atoms. The van der Waals surface area contributed by atoms with Crippen LogP contribution in [0.4, 0.5) is 4.79 Å². The summed E-state index contributed by atoms with van der Waals surface area (Å²) in [5, 5.41) is 14.1. The Morgan fingerprint density at radius 3 is 2.65 bits per heavy atom. The van der Waals surface area contributed by atoms with Crippen LogP contribution in [0.25, 0.3) is 0 Å². The molecule has 110 valence electrons. The van der Waals surface area contributed by atoms with E-state index in [1.165, 1.54) is 12.1 Å². The summed E-state index contributed by atoms with van der Waals surface area (Å²) in [6.45, 7) is 0.123. The second-order valence-electron chi connectivity index (χ2n) is 4.52. The number of nitrogens with one attached hydrogen (secondary N) is 2. The van der Waals surface area contributed by atoms with Gasteiger partial charge in [-0.1, -0.05) is 0 Å². The SMILES string of the molecule is O=C(NCc1ccc(C(=O)O)o1)NC1CCS(=O)CC1.